The molecule has 26 heavy (non-hydrogen) atoms. The van der Waals surface area contributed by atoms with Gasteiger partial charge in [-0.3, -0.25) is 5.32 Å². The number of aromatic nitrogens is 2. The first-order chi connectivity index (χ1) is 12.6. The van der Waals surface area contributed by atoms with Gasteiger partial charge in [0.2, 0.25) is 5.88 Å². The highest BCUT2D eigenvalue weighted by molar-refractivity contribution is 5.87. The number of hydrogen-bond donors (Lipinski definition) is 1. The Morgan fingerprint density at radius 2 is 1.65 bits per heavy atom. The largest absolute Gasteiger partial charge is 0.493 e. The van der Waals surface area contributed by atoms with Crippen LogP contribution >= 0.6 is 0 Å². The summed E-state index contributed by atoms with van der Waals surface area (Å²) in [5.74, 6) is 2.06. The van der Waals surface area contributed by atoms with Gasteiger partial charge in [0, 0.05) is 11.8 Å². The maximum Gasteiger partial charge on any atom is 0.411 e. The van der Waals surface area contributed by atoms with Crippen molar-refractivity contribution in [3.63, 3.8) is 0 Å². The van der Waals surface area contributed by atoms with E-state index in [9.17, 15) is 4.79 Å². The van der Waals surface area contributed by atoms with Gasteiger partial charge >= 0.3 is 6.09 Å². The fourth-order valence-corrected chi connectivity index (χ4v) is 2.33. The molecule has 0 unspecified atom stereocenters. The zero-order valence-electron chi connectivity index (χ0n) is 14.5. The summed E-state index contributed by atoms with van der Waals surface area (Å²) in [5, 5.41) is 3.25. The van der Waals surface area contributed by atoms with Crippen LogP contribution in [-0.2, 0) is 4.74 Å². The highest BCUT2D eigenvalue weighted by atomic mass is 16.5. The number of rotatable bonds is 5. The monoisotopic (exact) mass is 355 g/mol. The summed E-state index contributed by atoms with van der Waals surface area (Å²) in [6, 6.07) is 10.3. The van der Waals surface area contributed by atoms with Crippen LogP contribution in [0.25, 0.3) is 10.9 Å². The van der Waals surface area contributed by atoms with Crippen molar-refractivity contribution in [1.82, 2.24) is 9.97 Å². The topological polar surface area (TPSA) is 91.8 Å². The summed E-state index contributed by atoms with van der Waals surface area (Å²) < 4.78 is 21.0. The zero-order chi connectivity index (χ0) is 18.5. The highest BCUT2D eigenvalue weighted by Gasteiger charge is 2.12. The molecule has 3 rings (SSSR count). The van der Waals surface area contributed by atoms with Crippen LogP contribution in [0.4, 0.5) is 10.5 Å². The fourth-order valence-electron chi connectivity index (χ4n) is 2.33. The first-order valence-electron chi connectivity index (χ1n) is 7.64. The Balaban J connectivity index is 1.90. The van der Waals surface area contributed by atoms with Crippen molar-refractivity contribution >= 4 is 22.7 Å². The number of hydrogen-bond acceptors (Lipinski definition) is 7. The van der Waals surface area contributed by atoms with Crippen LogP contribution in [0.3, 0.4) is 0 Å². The van der Waals surface area contributed by atoms with E-state index in [0.29, 0.717) is 39.7 Å². The molecule has 1 amide bonds. The number of carbonyl (C=O) groups is 1. The number of benzene rings is 2. The number of ether oxygens (including phenoxy) is 4. The van der Waals surface area contributed by atoms with Gasteiger partial charge in [-0.15, -0.1) is 0 Å². The highest BCUT2D eigenvalue weighted by Crippen LogP contribution is 2.35. The molecule has 1 aromatic heterocycles. The van der Waals surface area contributed by atoms with Crippen LogP contribution in [0.5, 0.6) is 23.1 Å². The summed E-state index contributed by atoms with van der Waals surface area (Å²) in [5.41, 5.74) is 1.25. The quantitative estimate of drug-likeness (QED) is 0.747. The normalized spacial score (nSPS) is 10.3. The second kappa shape index (κ2) is 7.56. The minimum atomic E-state index is -0.540. The van der Waals surface area contributed by atoms with Crippen LogP contribution in [0.15, 0.2) is 42.7 Å². The Hall–Kier alpha value is -3.55. The SMILES string of the molecule is COC(=O)Nc1ccc(Oc2ncnc3cc(OC)c(OC)cc23)cc1. The summed E-state index contributed by atoms with van der Waals surface area (Å²) in [4.78, 5) is 19.6. The van der Waals surface area contributed by atoms with Gasteiger partial charge in [-0.05, 0) is 30.3 Å². The van der Waals surface area contributed by atoms with E-state index >= 15 is 0 Å². The van der Waals surface area contributed by atoms with Crippen molar-refractivity contribution in [3.8, 4) is 23.1 Å². The van der Waals surface area contributed by atoms with E-state index in [1.807, 2.05) is 0 Å². The van der Waals surface area contributed by atoms with Gasteiger partial charge in [-0.1, -0.05) is 0 Å². The second-order valence-electron chi connectivity index (χ2n) is 5.15. The number of amides is 1. The van der Waals surface area contributed by atoms with Gasteiger partial charge in [0.05, 0.1) is 32.2 Å². The van der Waals surface area contributed by atoms with E-state index < -0.39 is 6.09 Å². The maximum absolute atomic E-state index is 11.2. The fraction of sp³-hybridized carbons (Fsp3) is 0.167. The molecule has 0 bridgehead atoms. The summed E-state index contributed by atoms with van der Waals surface area (Å²) >= 11 is 0. The van der Waals surface area contributed by atoms with Crippen molar-refractivity contribution in [2.75, 3.05) is 26.6 Å². The number of nitrogens with zero attached hydrogens (tertiary/aromatic N) is 2. The molecule has 0 spiro atoms. The molecule has 0 saturated carbocycles. The molecule has 0 radical (unpaired) electrons. The number of carbonyl (C=O) groups excluding carboxylic acids is 1. The molecule has 3 aromatic rings. The Kier molecular flexibility index (Phi) is 5.02. The average molecular weight is 355 g/mol. The minimum Gasteiger partial charge on any atom is -0.493 e. The maximum atomic E-state index is 11.2. The minimum absolute atomic E-state index is 0.379. The average Bonchev–Trinajstić information content (AvgIpc) is 2.68. The first-order valence-corrected chi connectivity index (χ1v) is 7.64. The lowest BCUT2D eigenvalue weighted by Crippen LogP contribution is -2.10. The third kappa shape index (κ3) is 3.59. The van der Waals surface area contributed by atoms with Crippen molar-refractivity contribution in [1.29, 1.82) is 0 Å². The van der Waals surface area contributed by atoms with Crippen LogP contribution in [0, 0.1) is 0 Å². The van der Waals surface area contributed by atoms with E-state index in [-0.39, 0.29) is 0 Å². The van der Waals surface area contributed by atoms with Crippen molar-refractivity contribution in [2.45, 2.75) is 0 Å². The molecule has 2 aromatic carbocycles. The van der Waals surface area contributed by atoms with E-state index in [1.165, 1.54) is 13.4 Å². The van der Waals surface area contributed by atoms with Crippen molar-refractivity contribution in [2.24, 2.45) is 0 Å². The summed E-state index contributed by atoms with van der Waals surface area (Å²) in [7, 11) is 4.42. The Bertz CT molecular complexity index is 928. The lowest BCUT2D eigenvalue weighted by molar-refractivity contribution is 0.187. The van der Waals surface area contributed by atoms with Crippen molar-refractivity contribution in [3.05, 3.63) is 42.7 Å². The van der Waals surface area contributed by atoms with Crippen LogP contribution in [-0.4, -0.2) is 37.4 Å². The van der Waals surface area contributed by atoms with E-state index in [0.717, 1.165) is 0 Å². The molecular weight excluding hydrogens is 338 g/mol. The van der Waals surface area contributed by atoms with E-state index in [2.05, 4.69) is 20.0 Å². The molecule has 8 nitrogen and oxygen atoms in total. The Labute approximate surface area is 149 Å². The smallest absolute Gasteiger partial charge is 0.411 e. The van der Waals surface area contributed by atoms with Gasteiger partial charge in [0.1, 0.15) is 12.1 Å². The lowest BCUT2D eigenvalue weighted by Gasteiger charge is -2.11. The molecule has 0 fully saturated rings. The van der Waals surface area contributed by atoms with E-state index in [4.69, 9.17) is 14.2 Å². The number of fused-ring (bicyclic) bond motifs is 1. The van der Waals surface area contributed by atoms with Gasteiger partial charge in [0.25, 0.3) is 0 Å². The summed E-state index contributed by atoms with van der Waals surface area (Å²) in [6.45, 7) is 0. The molecule has 134 valence electrons. The van der Waals surface area contributed by atoms with Gasteiger partial charge in [0.15, 0.2) is 11.5 Å². The second-order valence-corrected chi connectivity index (χ2v) is 5.15. The predicted molar refractivity (Wildman–Crippen MR) is 95.2 cm³/mol. The van der Waals surface area contributed by atoms with Crippen LogP contribution in [0.1, 0.15) is 0 Å². The van der Waals surface area contributed by atoms with Gasteiger partial charge < -0.3 is 18.9 Å². The van der Waals surface area contributed by atoms with Gasteiger partial charge in [-0.2, -0.15) is 0 Å². The molecule has 1 heterocycles. The Morgan fingerprint density at radius 3 is 2.31 bits per heavy atom. The number of methoxy groups -OCH3 is 3. The number of anilines is 1. The first kappa shape index (κ1) is 17.3. The molecule has 1 N–H and O–H groups in total. The standard InChI is InChI=1S/C18H17N3O5/c1-23-15-8-13-14(9-16(15)24-2)19-10-20-17(13)26-12-6-4-11(5-7-12)21-18(22)25-3/h4-10H,1-3H3,(H,21,22). The zero-order valence-corrected chi connectivity index (χ0v) is 14.5. The molecule has 0 aliphatic heterocycles. The lowest BCUT2D eigenvalue weighted by atomic mass is 10.2. The van der Waals surface area contributed by atoms with Crippen molar-refractivity contribution < 1.29 is 23.7 Å². The van der Waals surface area contributed by atoms with Crippen LogP contribution < -0.4 is 19.5 Å². The molecule has 8 heteroatoms. The van der Waals surface area contributed by atoms with Crippen LogP contribution in [0.2, 0.25) is 0 Å². The summed E-state index contributed by atoms with van der Waals surface area (Å²) in [6.07, 6.45) is 0.873. The Morgan fingerprint density at radius 1 is 0.962 bits per heavy atom. The van der Waals surface area contributed by atoms with Gasteiger partial charge in [-0.25, -0.2) is 14.8 Å². The predicted octanol–water partition coefficient (Wildman–Crippen LogP) is 3.62. The third-order valence-electron chi connectivity index (χ3n) is 3.60. The molecule has 0 saturated heterocycles. The molecule has 0 aliphatic rings. The molecule has 0 atom stereocenters. The number of nitrogens with one attached hydrogen (secondary N) is 1. The van der Waals surface area contributed by atoms with E-state index in [1.54, 1.807) is 50.6 Å². The third-order valence-corrected chi connectivity index (χ3v) is 3.60. The molecular formula is C18H17N3O5. The molecule has 0 aliphatic carbocycles.